The summed E-state index contributed by atoms with van der Waals surface area (Å²) >= 11 is 0. The van der Waals surface area contributed by atoms with Crippen molar-refractivity contribution in [2.75, 3.05) is 0 Å². The van der Waals surface area contributed by atoms with Crippen molar-refractivity contribution in [1.82, 2.24) is 0 Å². The van der Waals surface area contributed by atoms with Crippen LogP contribution < -0.4 is 0 Å². The molecule has 0 heterocycles. The maximum absolute atomic E-state index is 10.7. The van der Waals surface area contributed by atoms with Crippen LogP contribution in [-0.4, -0.2) is 6.08 Å². The van der Waals surface area contributed by atoms with Crippen LogP contribution in [-0.2, 0) is 10.3 Å². The maximum Gasteiger partial charge on any atom is 0.235 e. The van der Waals surface area contributed by atoms with E-state index in [1.54, 1.807) is 6.08 Å². The van der Waals surface area contributed by atoms with Gasteiger partial charge in [0, 0.05) is 0 Å². The summed E-state index contributed by atoms with van der Waals surface area (Å²) < 4.78 is 0. The van der Waals surface area contributed by atoms with Gasteiger partial charge in [-0.25, -0.2) is 4.79 Å². The van der Waals surface area contributed by atoms with Gasteiger partial charge in [-0.3, -0.25) is 0 Å². The van der Waals surface area contributed by atoms with Gasteiger partial charge >= 0.3 is 0 Å². The first kappa shape index (κ1) is 12.1. The molecule has 0 saturated heterocycles. The summed E-state index contributed by atoms with van der Waals surface area (Å²) in [4.78, 5) is 14.9. The van der Waals surface area contributed by atoms with E-state index in [1.165, 1.54) is 23.1 Å². The SMILES string of the molecule is Cc1ccc(C2(N=C=O)CCCCC2)c(C)c1. The van der Waals surface area contributed by atoms with E-state index < -0.39 is 0 Å². The third-order valence-electron chi connectivity index (χ3n) is 3.82. The van der Waals surface area contributed by atoms with E-state index in [0.717, 1.165) is 25.7 Å². The lowest BCUT2D eigenvalue weighted by atomic mass is 9.75. The average Bonchev–Trinajstić information content (AvgIpc) is 2.30. The number of rotatable bonds is 2. The zero-order chi connectivity index (χ0) is 12.3. The molecule has 0 amide bonds. The Kier molecular flexibility index (Phi) is 3.44. The van der Waals surface area contributed by atoms with E-state index >= 15 is 0 Å². The van der Waals surface area contributed by atoms with Gasteiger partial charge in [-0.1, -0.05) is 43.0 Å². The number of aliphatic imine (C=N–C) groups is 1. The van der Waals surface area contributed by atoms with E-state index in [9.17, 15) is 4.79 Å². The van der Waals surface area contributed by atoms with Crippen LogP contribution >= 0.6 is 0 Å². The van der Waals surface area contributed by atoms with Gasteiger partial charge in [0.2, 0.25) is 6.08 Å². The molecule has 2 heteroatoms. The van der Waals surface area contributed by atoms with Gasteiger partial charge in [0.05, 0.1) is 5.54 Å². The predicted molar refractivity (Wildman–Crippen MR) is 68.8 cm³/mol. The fraction of sp³-hybridized carbons (Fsp3) is 0.533. The highest BCUT2D eigenvalue weighted by Crippen LogP contribution is 2.41. The molecule has 17 heavy (non-hydrogen) atoms. The van der Waals surface area contributed by atoms with Crippen LogP contribution in [0.1, 0.15) is 48.8 Å². The van der Waals surface area contributed by atoms with Crippen LogP contribution in [0.2, 0.25) is 0 Å². The van der Waals surface area contributed by atoms with Crippen LogP contribution in [0.4, 0.5) is 0 Å². The van der Waals surface area contributed by atoms with Crippen LogP contribution in [0.5, 0.6) is 0 Å². The topological polar surface area (TPSA) is 29.4 Å². The molecular weight excluding hydrogens is 210 g/mol. The molecule has 1 aliphatic rings. The molecule has 1 aliphatic carbocycles. The normalized spacial score (nSPS) is 18.5. The highest BCUT2D eigenvalue weighted by Gasteiger charge is 2.34. The van der Waals surface area contributed by atoms with Crippen molar-refractivity contribution in [3.8, 4) is 0 Å². The quantitative estimate of drug-likeness (QED) is 0.560. The first-order valence-electron chi connectivity index (χ1n) is 6.35. The molecule has 0 unspecified atom stereocenters. The monoisotopic (exact) mass is 229 g/mol. The Labute approximate surface area is 103 Å². The van der Waals surface area contributed by atoms with Crippen LogP contribution in [0.15, 0.2) is 23.2 Å². The lowest BCUT2D eigenvalue weighted by Crippen LogP contribution is -2.27. The van der Waals surface area contributed by atoms with Gasteiger partial charge in [-0.15, -0.1) is 0 Å². The van der Waals surface area contributed by atoms with Crippen molar-refractivity contribution in [3.63, 3.8) is 0 Å². The summed E-state index contributed by atoms with van der Waals surface area (Å²) in [6.45, 7) is 4.20. The van der Waals surface area contributed by atoms with Crippen molar-refractivity contribution < 1.29 is 4.79 Å². The minimum atomic E-state index is -0.294. The minimum absolute atomic E-state index is 0.294. The van der Waals surface area contributed by atoms with E-state index in [-0.39, 0.29) is 5.54 Å². The van der Waals surface area contributed by atoms with Gasteiger partial charge in [-0.2, -0.15) is 4.99 Å². The molecule has 1 aromatic carbocycles. The Morgan fingerprint density at radius 2 is 1.88 bits per heavy atom. The second kappa shape index (κ2) is 4.85. The molecule has 0 atom stereocenters. The summed E-state index contributed by atoms with van der Waals surface area (Å²) in [7, 11) is 0. The molecule has 1 fully saturated rings. The molecule has 2 nitrogen and oxygen atoms in total. The Morgan fingerprint density at radius 3 is 2.47 bits per heavy atom. The lowest BCUT2D eigenvalue weighted by Gasteiger charge is -2.33. The van der Waals surface area contributed by atoms with Crippen molar-refractivity contribution in [1.29, 1.82) is 0 Å². The molecule has 0 N–H and O–H groups in total. The Balaban J connectivity index is 2.48. The van der Waals surface area contributed by atoms with Crippen molar-refractivity contribution >= 4 is 6.08 Å². The molecular formula is C15H19NO. The third kappa shape index (κ3) is 2.32. The Bertz CT molecular complexity index is 452. The standard InChI is InChI=1S/C15H19NO/c1-12-6-7-14(13(2)10-12)15(16-11-17)8-4-3-5-9-15/h6-7,10H,3-5,8-9H2,1-2H3. The van der Waals surface area contributed by atoms with Gasteiger partial charge in [-0.05, 0) is 37.8 Å². The summed E-state index contributed by atoms with van der Waals surface area (Å²) in [5.41, 5.74) is 3.42. The Morgan fingerprint density at radius 1 is 1.18 bits per heavy atom. The summed E-state index contributed by atoms with van der Waals surface area (Å²) in [5.74, 6) is 0. The van der Waals surface area contributed by atoms with Crippen molar-refractivity contribution in [3.05, 3.63) is 34.9 Å². The van der Waals surface area contributed by atoms with E-state index in [2.05, 4.69) is 37.0 Å². The smallest absolute Gasteiger partial charge is 0.211 e. The fourth-order valence-corrected chi connectivity index (χ4v) is 3.00. The van der Waals surface area contributed by atoms with Crippen LogP contribution in [0, 0.1) is 13.8 Å². The molecule has 1 saturated carbocycles. The highest BCUT2D eigenvalue weighted by molar-refractivity contribution is 5.42. The van der Waals surface area contributed by atoms with Gasteiger partial charge in [0.15, 0.2) is 0 Å². The van der Waals surface area contributed by atoms with Gasteiger partial charge < -0.3 is 0 Å². The minimum Gasteiger partial charge on any atom is -0.211 e. The fourth-order valence-electron chi connectivity index (χ4n) is 3.00. The number of isocyanates is 1. The highest BCUT2D eigenvalue weighted by atomic mass is 16.1. The summed E-state index contributed by atoms with van der Waals surface area (Å²) in [6, 6.07) is 6.42. The van der Waals surface area contributed by atoms with Gasteiger partial charge in [0.25, 0.3) is 0 Å². The van der Waals surface area contributed by atoms with Crippen LogP contribution in [0.3, 0.4) is 0 Å². The molecule has 0 aliphatic heterocycles. The van der Waals surface area contributed by atoms with Crippen molar-refractivity contribution in [2.45, 2.75) is 51.5 Å². The third-order valence-corrected chi connectivity index (χ3v) is 3.82. The van der Waals surface area contributed by atoms with Gasteiger partial charge in [0.1, 0.15) is 0 Å². The predicted octanol–water partition coefficient (Wildman–Crippen LogP) is 3.80. The number of hydrogen-bond donors (Lipinski definition) is 0. The van der Waals surface area contributed by atoms with E-state index in [0.29, 0.717) is 0 Å². The number of benzene rings is 1. The Hall–Kier alpha value is -1.40. The molecule has 0 radical (unpaired) electrons. The molecule has 90 valence electrons. The zero-order valence-electron chi connectivity index (χ0n) is 10.6. The number of aryl methyl sites for hydroxylation is 2. The molecule has 0 bridgehead atoms. The number of hydrogen-bond acceptors (Lipinski definition) is 2. The second-order valence-electron chi connectivity index (χ2n) is 5.11. The molecule has 1 aromatic rings. The second-order valence-corrected chi connectivity index (χ2v) is 5.11. The van der Waals surface area contributed by atoms with E-state index in [4.69, 9.17) is 0 Å². The maximum atomic E-state index is 10.7. The van der Waals surface area contributed by atoms with E-state index in [1.807, 2.05) is 0 Å². The number of carbonyl (C=O) groups excluding carboxylic acids is 1. The first-order valence-corrected chi connectivity index (χ1v) is 6.35. The largest absolute Gasteiger partial charge is 0.235 e. The lowest BCUT2D eigenvalue weighted by molar-refractivity contribution is 0.302. The summed E-state index contributed by atoms with van der Waals surface area (Å²) in [6.07, 6.45) is 7.30. The average molecular weight is 229 g/mol. The molecule has 0 spiro atoms. The molecule has 0 aromatic heterocycles. The first-order chi connectivity index (χ1) is 8.18. The zero-order valence-corrected chi connectivity index (χ0v) is 10.6. The number of nitrogens with zero attached hydrogens (tertiary/aromatic N) is 1. The van der Waals surface area contributed by atoms with Crippen LogP contribution in [0.25, 0.3) is 0 Å². The summed E-state index contributed by atoms with van der Waals surface area (Å²) in [5, 5.41) is 0. The molecule has 2 rings (SSSR count). The van der Waals surface area contributed by atoms with Crippen molar-refractivity contribution in [2.24, 2.45) is 4.99 Å².